The number of aryl methyl sites for hydroxylation is 1. The van der Waals surface area contributed by atoms with E-state index in [9.17, 15) is 9.59 Å². The molecule has 2 N–H and O–H groups in total. The molecule has 0 atom stereocenters. The summed E-state index contributed by atoms with van der Waals surface area (Å²) in [5, 5.41) is 15.2. The Hall–Kier alpha value is -1.92. The van der Waals surface area contributed by atoms with Crippen LogP contribution in [0.4, 0.5) is 0 Å². The van der Waals surface area contributed by atoms with Crippen molar-refractivity contribution in [3.05, 3.63) is 12.7 Å². The van der Waals surface area contributed by atoms with Gasteiger partial charge in [0.25, 0.3) is 0 Å². The van der Waals surface area contributed by atoms with E-state index in [2.05, 4.69) is 15.4 Å². The number of aromatic nitrogens is 3. The van der Waals surface area contributed by atoms with Crippen molar-refractivity contribution in [3.8, 4) is 0 Å². The van der Waals surface area contributed by atoms with E-state index in [0.717, 1.165) is 19.3 Å². The highest BCUT2D eigenvalue weighted by atomic mass is 16.4. The van der Waals surface area contributed by atoms with Crippen LogP contribution in [-0.2, 0) is 16.1 Å². The second kappa shape index (κ2) is 9.07. The minimum Gasteiger partial charge on any atom is -0.481 e. The molecule has 0 saturated heterocycles. The van der Waals surface area contributed by atoms with Crippen molar-refractivity contribution in [2.45, 2.75) is 45.1 Å². The molecule has 0 saturated carbocycles. The average Bonchev–Trinajstić information content (AvgIpc) is 2.88. The minimum absolute atomic E-state index is 0.000959. The fourth-order valence-electron chi connectivity index (χ4n) is 1.64. The smallest absolute Gasteiger partial charge is 0.303 e. The Kier molecular flexibility index (Phi) is 7.23. The van der Waals surface area contributed by atoms with E-state index in [1.54, 1.807) is 11.0 Å². The van der Waals surface area contributed by atoms with Gasteiger partial charge in [0.05, 0.1) is 6.54 Å². The number of unbranched alkanes of at least 4 members (excludes halogenated alkanes) is 3. The Morgan fingerprint density at radius 1 is 1.16 bits per heavy atom. The van der Waals surface area contributed by atoms with Crippen LogP contribution in [-0.4, -0.2) is 38.3 Å². The molecule has 0 spiro atoms. The predicted octanol–water partition coefficient (Wildman–Crippen LogP) is 0.819. The van der Waals surface area contributed by atoms with Gasteiger partial charge in [0.2, 0.25) is 5.91 Å². The van der Waals surface area contributed by atoms with Crippen LogP contribution < -0.4 is 5.32 Å². The maximum atomic E-state index is 11.5. The number of carboxylic acids is 1. The number of hydrogen-bond acceptors (Lipinski definition) is 4. The highest BCUT2D eigenvalue weighted by molar-refractivity contribution is 5.75. The number of carbonyl (C=O) groups excluding carboxylic acids is 1. The summed E-state index contributed by atoms with van der Waals surface area (Å²) in [4.78, 5) is 25.5. The number of hydrogen-bond donors (Lipinski definition) is 2. The van der Waals surface area contributed by atoms with Crippen molar-refractivity contribution >= 4 is 11.9 Å². The maximum Gasteiger partial charge on any atom is 0.303 e. The second-order valence-corrected chi connectivity index (χ2v) is 4.32. The Morgan fingerprint density at radius 2 is 1.95 bits per heavy atom. The quantitative estimate of drug-likeness (QED) is 0.612. The lowest BCUT2D eigenvalue weighted by atomic mass is 10.1. The number of carbonyl (C=O) groups is 2. The molecule has 1 heterocycles. The molecule has 0 aliphatic rings. The first-order chi connectivity index (χ1) is 9.18. The van der Waals surface area contributed by atoms with E-state index in [-0.39, 0.29) is 12.3 Å². The fourth-order valence-corrected chi connectivity index (χ4v) is 1.64. The van der Waals surface area contributed by atoms with Crippen LogP contribution in [0.15, 0.2) is 12.7 Å². The zero-order valence-electron chi connectivity index (χ0n) is 10.9. The van der Waals surface area contributed by atoms with Crippen molar-refractivity contribution in [1.82, 2.24) is 20.1 Å². The van der Waals surface area contributed by atoms with E-state index in [4.69, 9.17) is 5.11 Å². The van der Waals surface area contributed by atoms with E-state index >= 15 is 0 Å². The summed E-state index contributed by atoms with van der Waals surface area (Å²) >= 11 is 0. The molecule has 0 aliphatic carbocycles. The molecule has 106 valence electrons. The molecule has 0 fully saturated rings. The normalized spacial score (nSPS) is 10.3. The third kappa shape index (κ3) is 7.91. The third-order valence-corrected chi connectivity index (χ3v) is 2.67. The van der Waals surface area contributed by atoms with E-state index < -0.39 is 5.97 Å². The Labute approximate surface area is 112 Å². The second-order valence-electron chi connectivity index (χ2n) is 4.32. The lowest BCUT2D eigenvalue weighted by Crippen LogP contribution is -2.25. The highest BCUT2D eigenvalue weighted by Crippen LogP contribution is 2.02. The monoisotopic (exact) mass is 268 g/mol. The van der Waals surface area contributed by atoms with Gasteiger partial charge >= 0.3 is 5.97 Å². The first kappa shape index (κ1) is 15.1. The average molecular weight is 268 g/mol. The molecule has 1 amide bonds. The number of nitrogens with zero attached hydrogens (tertiary/aromatic N) is 3. The molecule has 0 bridgehead atoms. The number of amides is 1. The molecule has 1 aromatic rings. The molecule has 7 nitrogen and oxygen atoms in total. The number of nitrogens with one attached hydrogen (secondary N) is 1. The van der Waals surface area contributed by atoms with Gasteiger partial charge in [-0.2, -0.15) is 5.10 Å². The van der Waals surface area contributed by atoms with Gasteiger partial charge in [0.1, 0.15) is 12.7 Å². The summed E-state index contributed by atoms with van der Waals surface area (Å²) < 4.78 is 1.62. The molecule has 19 heavy (non-hydrogen) atoms. The number of carboxylic acid groups (broad SMARTS) is 1. The van der Waals surface area contributed by atoms with Crippen LogP contribution in [0.2, 0.25) is 0 Å². The standard InChI is InChI=1S/C12H20N4O3/c17-11(6-8-16-10-13-9-15-16)14-7-4-2-1-3-5-12(18)19/h9-10H,1-8H2,(H,14,17)(H,18,19). The molecule has 1 rings (SSSR count). The van der Waals surface area contributed by atoms with E-state index in [1.165, 1.54) is 6.33 Å². The summed E-state index contributed by atoms with van der Waals surface area (Å²) in [5.41, 5.74) is 0. The van der Waals surface area contributed by atoms with Gasteiger partial charge in [-0.05, 0) is 12.8 Å². The Morgan fingerprint density at radius 3 is 2.63 bits per heavy atom. The molecule has 0 aromatic carbocycles. The van der Waals surface area contributed by atoms with Gasteiger partial charge in [-0.15, -0.1) is 0 Å². The van der Waals surface area contributed by atoms with Gasteiger partial charge in [-0.25, -0.2) is 4.98 Å². The first-order valence-electron chi connectivity index (χ1n) is 6.49. The summed E-state index contributed by atoms with van der Waals surface area (Å²) in [6.07, 6.45) is 7.05. The molecule has 0 aliphatic heterocycles. The first-order valence-corrected chi connectivity index (χ1v) is 6.49. The predicted molar refractivity (Wildman–Crippen MR) is 68.4 cm³/mol. The van der Waals surface area contributed by atoms with Crippen molar-refractivity contribution in [3.63, 3.8) is 0 Å². The summed E-state index contributed by atoms with van der Waals surface area (Å²) in [6.45, 7) is 1.17. The van der Waals surface area contributed by atoms with Gasteiger partial charge in [-0.1, -0.05) is 12.8 Å². The summed E-state index contributed by atoms with van der Waals surface area (Å²) in [7, 11) is 0. The van der Waals surface area contributed by atoms with E-state index in [1.807, 2.05) is 0 Å². The Bertz CT molecular complexity index is 378. The lowest BCUT2D eigenvalue weighted by Gasteiger charge is -2.05. The number of aliphatic carboxylic acids is 1. The number of rotatable bonds is 10. The van der Waals surface area contributed by atoms with Crippen LogP contribution in [0.1, 0.15) is 38.5 Å². The van der Waals surface area contributed by atoms with Crippen LogP contribution in [0.25, 0.3) is 0 Å². The molecular weight excluding hydrogens is 248 g/mol. The van der Waals surface area contributed by atoms with Crippen LogP contribution >= 0.6 is 0 Å². The van der Waals surface area contributed by atoms with Crippen molar-refractivity contribution in [2.24, 2.45) is 0 Å². The van der Waals surface area contributed by atoms with Gasteiger partial charge < -0.3 is 10.4 Å². The maximum absolute atomic E-state index is 11.5. The highest BCUT2D eigenvalue weighted by Gasteiger charge is 2.01. The topological polar surface area (TPSA) is 97.1 Å². The van der Waals surface area contributed by atoms with Crippen molar-refractivity contribution in [2.75, 3.05) is 6.54 Å². The largest absolute Gasteiger partial charge is 0.481 e. The molecule has 7 heteroatoms. The minimum atomic E-state index is -0.749. The van der Waals surface area contributed by atoms with Crippen molar-refractivity contribution < 1.29 is 14.7 Å². The third-order valence-electron chi connectivity index (χ3n) is 2.67. The van der Waals surface area contributed by atoms with Gasteiger partial charge in [0.15, 0.2) is 0 Å². The molecular formula is C12H20N4O3. The van der Waals surface area contributed by atoms with Crippen LogP contribution in [0.5, 0.6) is 0 Å². The summed E-state index contributed by atoms with van der Waals surface area (Å²) in [6, 6.07) is 0. The lowest BCUT2D eigenvalue weighted by molar-refractivity contribution is -0.137. The summed E-state index contributed by atoms with van der Waals surface area (Å²) in [5.74, 6) is -0.748. The van der Waals surface area contributed by atoms with Crippen LogP contribution in [0.3, 0.4) is 0 Å². The van der Waals surface area contributed by atoms with E-state index in [0.29, 0.717) is 25.9 Å². The Balaban J connectivity index is 1.91. The van der Waals surface area contributed by atoms with Gasteiger partial charge in [-0.3, -0.25) is 14.3 Å². The van der Waals surface area contributed by atoms with Gasteiger partial charge in [0, 0.05) is 19.4 Å². The van der Waals surface area contributed by atoms with Crippen molar-refractivity contribution in [1.29, 1.82) is 0 Å². The zero-order chi connectivity index (χ0) is 13.9. The van der Waals surface area contributed by atoms with Crippen LogP contribution in [0, 0.1) is 0 Å². The molecule has 0 radical (unpaired) electrons. The SMILES string of the molecule is O=C(O)CCCCCCNC(=O)CCn1cncn1. The molecule has 1 aromatic heterocycles. The zero-order valence-corrected chi connectivity index (χ0v) is 10.9. The fraction of sp³-hybridized carbons (Fsp3) is 0.667. The molecule has 0 unspecified atom stereocenters.